The molecule has 0 bridgehead atoms. The smallest absolute Gasteiger partial charge is 0.153 e. The van der Waals surface area contributed by atoms with Crippen LogP contribution in [0.25, 0.3) is 11.4 Å². The lowest BCUT2D eigenvalue weighted by molar-refractivity contribution is -0.0418. The van der Waals surface area contributed by atoms with Crippen molar-refractivity contribution in [2.24, 2.45) is 10.8 Å². The fourth-order valence-corrected chi connectivity index (χ4v) is 4.01. The Balaban J connectivity index is 1.54. The Hall–Kier alpha value is -3.28. The quantitative estimate of drug-likeness (QED) is 0.235. The first-order valence-corrected chi connectivity index (χ1v) is 11.3. The lowest BCUT2D eigenvalue weighted by Gasteiger charge is -2.35. The molecule has 1 aliphatic rings. The number of halogens is 1. The second-order valence-electron chi connectivity index (χ2n) is 8.68. The number of aliphatic hydroxyl groups is 1. The summed E-state index contributed by atoms with van der Waals surface area (Å²) in [6, 6.07) is 6.44. The van der Waals surface area contributed by atoms with Crippen molar-refractivity contribution in [3.05, 3.63) is 53.9 Å². The third-order valence-corrected chi connectivity index (χ3v) is 5.86. The molecule has 0 spiro atoms. The second-order valence-corrected chi connectivity index (χ2v) is 8.68. The standard InChI is InChI=1S/C23H30FN9O/c1-4-33(22(34)21-19(7-5-16(3)28-21)29-27-11-15(2)25)23(9-10-23)14-32-13-20(30-31-32)18-8-6-17(24)12-26-18/h5-8,11-13,15,22,29,34H,4,9-10,14,25H2,1-3H3/b27-11-. The lowest BCUT2D eigenvalue weighted by atomic mass is 10.1. The van der Waals surface area contributed by atoms with E-state index < -0.39 is 12.0 Å². The number of likely N-dealkylation sites (N-methyl/N-ethyl adjacent to an activating group) is 1. The zero-order valence-electron chi connectivity index (χ0n) is 19.6. The van der Waals surface area contributed by atoms with Crippen LogP contribution in [0.2, 0.25) is 0 Å². The molecular weight excluding hydrogens is 437 g/mol. The van der Waals surface area contributed by atoms with E-state index in [1.54, 1.807) is 23.2 Å². The Morgan fingerprint density at radius 3 is 2.76 bits per heavy atom. The number of aryl methyl sites for hydroxylation is 1. The van der Waals surface area contributed by atoms with Crippen LogP contribution in [0.1, 0.15) is 44.3 Å². The Morgan fingerprint density at radius 1 is 1.32 bits per heavy atom. The fourth-order valence-electron chi connectivity index (χ4n) is 4.01. The van der Waals surface area contributed by atoms with E-state index in [-0.39, 0.29) is 11.6 Å². The molecule has 4 N–H and O–H groups in total. The first kappa shape index (κ1) is 23.9. The summed E-state index contributed by atoms with van der Waals surface area (Å²) in [5, 5.41) is 24.0. The van der Waals surface area contributed by atoms with Gasteiger partial charge in [0.05, 0.1) is 30.3 Å². The maximum absolute atomic E-state index is 13.2. The minimum Gasteiger partial charge on any atom is -0.372 e. The number of nitrogens with one attached hydrogen (secondary N) is 1. The monoisotopic (exact) mass is 467 g/mol. The maximum atomic E-state index is 13.2. The van der Waals surface area contributed by atoms with Crippen molar-refractivity contribution in [1.82, 2.24) is 29.9 Å². The predicted octanol–water partition coefficient (Wildman–Crippen LogP) is 2.47. The summed E-state index contributed by atoms with van der Waals surface area (Å²) in [4.78, 5) is 10.7. The molecular formula is C23H30FN9O. The van der Waals surface area contributed by atoms with Crippen LogP contribution in [0.3, 0.4) is 0 Å². The zero-order chi connectivity index (χ0) is 24.3. The molecule has 34 heavy (non-hydrogen) atoms. The van der Waals surface area contributed by atoms with Gasteiger partial charge in [-0.2, -0.15) is 5.10 Å². The van der Waals surface area contributed by atoms with Crippen LogP contribution in [-0.4, -0.2) is 59.3 Å². The van der Waals surface area contributed by atoms with Crippen molar-refractivity contribution >= 4 is 11.9 Å². The van der Waals surface area contributed by atoms with Crippen molar-refractivity contribution in [3.63, 3.8) is 0 Å². The van der Waals surface area contributed by atoms with Crippen LogP contribution in [-0.2, 0) is 6.54 Å². The first-order valence-electron chi connectivity index (χ1n) is 11.3. The number of hydrogen-bond donors (Lipinski definition) is 3. The highest BCUT2D eigenvalue weighted by Gasteiger charge is 2.51. The molecule has 180 valence electrons. The Kier molecular flexibility index (Phi) is 6.96. The number of hydrazone groups is 1. The van der Waals surface area contributed by atoms with Gasteiger partial charge >= 0.3 is 0 Å². The molecule has 3 heterocycles. The van der Waals surface area contributed by atoms with Crippen LogP contribution >= 0.6 is 0 Å². The van der Waals surface area contributed by atoms with Gasteiger partial charge in [-0.15, -0.1) is 5.10 Å². The molecule has 0 aliphatic heterocycles. The first-order chi connectivity index (χ1) is 16.3. The molecule has 2 atom stereocenters. The normalized spacial score (nSPS) is 16.7. The van der Waals surface area contributed by atoms with Gasteiger partial charge in [-0.3, -0.25) is 20.3 Å². The summed E-state index contributed by atoms with van der Waals surface area (Å²) in [6.45, 7) is 6.88. The van der Waals surface area contributed by atoms with Crippen molar-refractivity contribution < 1.29 is 9.50 Å². The number of anilines is 1. The third kappa shape index (κ3) is 5.27. The van der Waals surface area contributed by atoms with E-state index >= 15 is 0 Å². The van der Waals surface area contributed by atoms with Gasteiger partial charge in [0.2, 0.25) is 0 Å². The summed E-state index contributed by atoms with van der Waals surface area (Å²) < 4.78 is 14.9. The molecule has 1 aliphatic carbocycles. The largest absolute Gasteiger partial charge is 0.372 e. The number of aromatic nitrogens is 5. The molecule has 0 saturated heterocycles. The SMILES string of the molecule is CCN(C(O)c1nc(C)ccc1N/N=C\C(C)N)C1(Cn2cc(-c3ccc(F)cn3)nn2)CC1. The second kappa shape index (κ2) is 9.92. The Bertz CT molecular complexity index is 1140. The van der Waals surface area contributed by atoms with Crippen LogP contribution in [0.5, 0.6) is 0 Å². The van der Waals surface area contributed by atoms with Gasteiger partial charge in [0.25, 0.3) is 0 Å². The maximum Gasteiger partial charge on any atom is 0.153 e. The molecule has 11 heteroatoms. The van der Waals surface area contributed by atoms with Gasteiger partial charge in [-0.1, -0.05) is 12.1 Å². The Morgan fingerprint density at radius 2 is 2.12 bits per heavy atom. The number of rotatable bonds is 10. The number of hydrogen-bond acceptors (Lipinski definition) is 9. The van der Waals surface area contributed by atoms with Crippen molar-refractivity contribution in [1.29, 1.82) is 0 Å². The van der Waals surface area contributed by atoms with Gasteiger partial charge in [0.15, 0.2) is 6.23 Å². The number of aliphatic hydroxyl groups excluding tert-OH is 1. The molecule has 2 unspecified atom stereocenters. The van der Waals surface area contributed by atoms with E-state index in [2.05, 4.69) is 30.8 Å². The average Bonchev–Trinajstić information content (AvgIpc) is 3.42. The highest BCUT2D eigenvalue weighted by Crippen LogP contribution is 2.47. The highest BCUT2D eigenvalue weighted by molar-refractivity contribution is 5.65. The van der Waals surface area contributed by atoms with E-state index in [4.69, 9.17) is 5.73 Å². The summed E-state index contributed by atoms with van der Waals surface area (Å²) in [5.41, 5.74) is 11.4. The van der Waals surface area contributed by atoms with E-state index in [9.17, 15) is 9.50 Å². The number of nitrogens with two attached hydrogens (primary N) is 1. The van der Waals surface area contributed by atoms with Crippen molar-refractivity contribution in [2.75, 3.05) is 12.0 Å². The topological polar surface area (TPSA) is 130 Å². The molecule has 3 aromatic heterocycles. The minimum absolute atomic E-state index is 0.196. The van der Waals surface area contributed by atoms with Crippen LogP contribution < -0.4 is 11.2 Å². The van der Waals surface area contributed by atoms with Crippen LogP contribution in [0.15, 0.2) is 41.8 Å². The highest BCUT2D eigenvalue weighted by atomic mass is 19.1. The number of nitrogens with zero attached hydrogens (tertiary/aromatic N) is 7. The number of pyridine rings is 2. The van der Waals surface area contributed by atoms with E-state index in [1.165, 1.54) is 6.07 Å². The van der Waals surface area contributed by atoms with Crippen LogP contribution in [0, 0.1) is 12.7 Å². The zero-order valence-corrected chi connectivity index (χ0v) is 19.6. The lowest BCUT2D eigenvalue weighted by Crippen LogP contribution is -2.43. The molecule has 0 amide bonds. The molecule has 0 aromatic carbocycles. The molecule has 1 fully saturated rings. The van der Waals surface area contributed by atoms with Gasteiger partial charge in [0, 0.05) is 23.5 Å². The van der Waals surface area contributed by atoms with Gasteiger partial charge in [0.1, 0.15) is 17.2 Å². The Labute approximate surface area is 197 Å². The molecule has 0 radical (unpaired) electrons. The van der Waals surface area contributed by atoms with Crippen LogP contribution in [0.4, 0.5) is 10.1 Å². The third-order valence-electron chi connectivity index (χ3n) is 5.86. The van der Waals surface area contributed by atoms with E-state index in [0.29, 0.717) is 35.9 Å². The summed E-state index contributed by atoms with van der Waals surface area (Å²) in [6.07, 6.45) is 5.40. The predicted molar refractivity (Wildman–Crippen MR) is 127 cm³/mol. The molecule has 1 saturated carbocycles. The van der Waals surface area contributed by atoms with Gasteiger partial charge in [-0.25, -0.2) is 9.07 Å². The minimum atomic E-state index is -0.942. The summed E-state index contributed by atoms with van der Waals surface area (Å²) in [7, 11) is 0. The van der Waals surface area contributed by atoms with Crippen molar-refractivity contribution in [2.45, 2.75) is 58.0 Å². The van der Waals surface area contributed by atoms with Gasteiger partial charge < -0.3 is 10.8 Å². The van der Waals surface area contributed by atoms with Gasteiger partial charge in [-0.05, 0) is 57.5 Å². The average molecular weight is 468 g/mol. The van der Waals surface area contributed by atoms with Crippen molar-refractivity contribution in [3.8, 4) is 11.4 Å². The summed E-state index contributed by atoms with van der Waals surface area (Å²) in [5.74, 6) is -0.400. The van der Waals surface area contributed by atoms with E-state index in [1.807, 2.05) is 37.8 Å². The molecule has 3 aromatic rings. The summed E-state index contributed by atoms with van der Waals surface area (Å²) >= 11 is 0. The van der Waals surface area contributed by atoms with E-state index in [0.717, 1.165) is 24.7 Å². The molecule has 10 nitrogen and oxygen atoms in total. The molecule has 4 rings (SSSR count). The fraction of sp³-hybridized carbons (Fsp3) is 0.435.